The van der Waals surface area contributed by atoms with Gasteiger partial charge in [0.2, 0.25) is 15.9 Å². The molecule has 0 aliphatic carbocycles. The Morgan fingerprint density at radius 3 is 2.61 bits per heavy atom. The molecule has 1 unspecified atom stereocenters. The molecule has 28 heavy (non-hydrogen) atoms. The lowest BCUT2D eigenvalue weighted by Gasteiger charge is -2.34. The molecule has 1 aliphatic rings. The van der Waals surface area contributed by atoms with Crippen LogP contribution >= 0.6 is 22.9 Å². The first-order valence-electron chi connectivity index (χ1n) is 9.10. The number of piperidine rings is 1. The minimum atomic E-state index is -3.75. The van der Waals surface area contributed by atoms with Gasteiger partial charge in [-0.2, -0.15) is 4.31 Å². The second-order valence-electron chi connectivity index (χ2n) is 6.71. The zero-order valence-electron chi connectivity index (χ0n) is 15.5. The number of hydrogen-bond donors (Lipinski definition) is 0. The number of carbonyl (C=O) groups excluding carboxylic acids is 1. The van der Waals surface area contributed by atoms with E-state index >= 15 is 0 Å². The highest BCUT2D eigenvalue weighted by molar-refractivity contribution is 7.89. The fourth-order valence-electron chi connectivity index (χ4n) is 3.35. The molecule has 0 N–H and O–H groups in total. The van der Waals surface area contributed by atoms with Crippen LogP contribution in [0.5, 0.6) is 0 Å². The van der Waals surface area contributed by atoms with E-state index in [4.69, 9.17) is 11.6 Å². The van der Waals surface area contributed by atoms with Gasteiger partial charge in [-0.15, -0.1) is 11.3 Å². The van der Waals surface area contributed by atoms with Gasteiger partial charge in [-0.1, -0.05) is 11.6 Å². The van der Waals surface area contributed by atoms with Gasteiger partial charge in [0.15, 0.2) is 0 Å². The molecule has 2 heterocycles. The van der Waals surface area contributed by atoms with Gasteiger partial charge >= 0.3 is 0 Å². The van der Waals surface area contributed by atoms with Crippen molar-refractivity contribution in [1.82, 2.24) is 9.21 Å². The first-order chi connectivity index (χ1) is 13.3. The number of benzene rings is 1. The van der Waals surface area contributed by atoms with E-state index in [1.165, 1.54) is 27.8 Å². The van der Waals surface area contributed by atoms with Crippen LogP contribution in [-0.4, -0.2) is 43.2 Å². The van der Waals surface area contributed by atoms with Crippen LogP contribution < -0.4 is 0 Å². The van der Waals surface area contributed by atoms with Gasteiger partial charge in [0.25, 0.3) is 0 Å². The maximum Gasteiger partial charge on any atom is 0.243 e. The second kappa shape index (κ2) is 8.90. The molecule has 1 aromatic heterocycles. The van der Waals surface area contributed by atoms with Gasteiger partial charge in [0, 0.05) is 24.5 Å². The average molecular weight is 445 g/mol. The Hall–Kier alpha value is -1.48. The largest absolute Gasteiger partial charge is 0.338 e. The number of sulfonamides is 1. The SMILES string of the molecule is CCN(Cc1ccc(Cl)s1)C(=O)C1CCCN(S(=O)(=O)c2ccc(F)cc2)C1. The summed E-state index contributed by atoms with van der Waals surface area (Å²) in [6.45, 7) is 3.41. The maximum absolute atomic E-state index is 13.1. The molecule has 1 saturated heterocycles. The van der Waals surface area contributed by atoms with Crippen LogP contribution in [0.4, 0.5) is 4.39 Å². The summed E-state index contributed by atoms with van der Waals surface area (Å²) < 4.78 is 40.9. The van der Waals surface area contributed by atoms with E-state index < -0.39 is 15.8 Å². The number of halogens is 2. The van der Waals surface area contributed by atoms with Crippen molar-refractivity contribution in [3.63, 3.8) is 0 Å². The second-order valence-corrected chi connectivity index (χ2v) is 10.5. The third kappa shape index (κ3) is 4.74. The van der Waals surface area contributed by atoms with Crippen molar-refractivity contribution < 1.29 is 17.6 Å². The minimum Gasteiger partial charge on any atom is -0.338 e. The molecular weight excluding hydrogens is 423 g/mol. The van der Waals surface area contributed by atoms with Crippen LogP contribution in [0, 0.1) is 11.7 Å². The highest BCUT2D eigenvalue weighted by Gasteiger charge is 2.34. The standard InChI is InChI=1S/C19H22ClFN2O3S2/c1-2-22(13-16-7-10-18(20)27-16)19(24)14-4-3-11-23(12-14)28(25,26)17-8-5-15(21)6-9-17/h5-10,14H,2-4,11-13H2,1H3. The van der Waals surface area contributed by atoms with Crippen LogP contribution in [0.25, 0.3) is 0 Å². The van der Waals surface area contributed by atoms with Gasteiger partial charge in [-0.25, -0.2) is 12.8 Å². The van der Waals surface area contributed by atoms with Gasteiger partial charge in [-0.3, -0.25) is 4.79 Å². The first-order valence-corrected chi connectivity index (χ1v) is 11.7. The van der Waals surface area contributed by atoms with Crippen LogP contribution in [0.15, 0.2) is 41.3 Å². The molecule has 1 aromatic carbocycles. The van der Waals surface area contributed by atoms with E-state index in [2.05, 4.69) is 0 Å². The minimum absolute atomic E-state index is 0.0441. The third-order valence-corrected chi connectivity index (χ3v) is 7.95. The maximum atomic E-state index is 13.1. The Kier molecular flexibility index (Phi) is 6.75. The molecule has 1 amide bonds. The molecule has 0 radical (unpaired) electrons. The van der Waals surface area contributed by atoms with Crippen LogP contribution in [0.1, 0.15) is 24.6 Å². The normalized spacial score (nSPS) is 18.2. The van der Waals surface area contributed by atoms with Crippen molar-refractivity contribution in [2.45, 2.75) is 31.2 Å². The molecule has 1 atom stereocenters. The Bertz CT molecular complexity index is 931. The summed E-state index contributed by atoms with van der Waals surface area (Å²) in [7, 11) is -3.75. The van der Waals surface area contributed by atoms with E-state index in [9.17, 15) is 17.6 Å². The molecule has 5 nitrogen and oxygen atoms in total. The monoisotopic (exact) mass is 444 g/mol. The summed E-state index contributed by atoms with van der Waals surface area (Å²) in [6, 6.07) is 8.48. The van der Waals surface area contributed by atoms with Crippen LogP contribution in [0.3, 0.4) is 0 Å². The summed E-state index contributed by atoms with van der Waals surface area (Å²) >= 11 is 7.40. The van der Waals surface area contributed by atoms with E-state index in [1.54, 1.807) is 11.0 Å². The molecule has 0 saturated carbocycles. The van der Waals surface area contributed by atoms with Crippen molar-refractivity contribution >= 4 is 38.9 Å². The zero-order valence-corrected chi connectivity index (χ0v) is 17.9. The molecule has 1 aliphatic heterocycles. The highest BCUT2D eigenvalue weighted by Crippen LogP contribution is 2.27. The van der Waals surface area contributed by atoms with Crippen molar-refractivity contribution in [3.8, 4) is 0 Å². The van der Waals surface area contributed by atoms with Gasteiger partial charge in [0.1, 0.15) is 5.82 Å². The fraction of sp³-hybridized carbons (Fsp3) is 0.421. The number of nitrogens with zero attached hydrogens (tertiary/aromatic N) is 2. The average Bonchev–Trinajstić information content (AvgIpc) is 3.11. The van der Waals surface area contributed by atoms with Crippen LogP contribution in [0.2, 0.25) is 4.34 Å². The third-order valence-electron chi connectivity index (χ3n) is 4.85. The van der Waals surface area contributed by atoms with Crippen LogP contribution in [-0.2, 0) is 21.4 Å². The van der Waals surface area contributed by atoms with Crippen molar-refractivity contribution in [1.29, 1.82) is 0 Å². The molecular formula is C19H22ClFN2O3S2. The van der Waals surface area contributed by atoms with Crippen molar-refractivity contribution in [2.24, 2.45) is 5.92 Å². The molecule has 9 heteroatoms. The van der Waals surface area contributed by atoms with E-state index in [0.717, 1.165) is 17.0 Å². The summed E-state index contributed by atoms with van der Waals surface area (Å²) in [5.74, 6) is -0.927. The number of hydrogen-bond acceptors (Lipinski definition) is 4. The lowest BCUT2D eigenvalue weighted by Crippen LogP contribution is -2.46. The molecule has 2 aromatic rings. The topological polar surface area (TPSA) is 57.7 Å². The Balaban J connectivity index is 1.72. The summed E-state index contributed by atoms with van der Waals surface area (Å²) in [4.78, 5) is 15.8. The fourth-order valence-corrected chi connectivity index (χ4v) is 5.97. The molecule has 3 rings (SSSR count). The first kappa shape index (κ1) is 21.2. The number of rotatable bonds is 6. The smallest absolute Gasteiger partial charge is 0.243 e. The molecule has 1 fully saturated rings. The number of amides is 1. The molecule has 152 valence electrons. The quantitative estimate of drug-likeness (QED) is 0.676. The van der Waals surface area contributed by atoms with Gasteiger partial charge in [-0.05, 0) is 56.2 Å². The predicted molar refractivity (Wildman–Crippen MR) is 108 cm³/mol. The number of carbonyl (C=O) groups is 1. The summed E-state index contributed by atoms with van der Waals surface area (Å²) in [6.07, 6.45) is 1.26. The van der Waals surface area contributed by atoms with Gasteiger partial charge in [0.05, 0.1) is 21.7 Å². The Morgan fingerprint density at radius 1 is 1.29 bits per heavy atom. The lowest BCUT2D eigenvalue weighted by molar-refractivity contribution is -0.137. The van der Waals surface area contributed by atoms with E-state index in [0.29, 0.717) is 36.8 Å². The molecule has 0 spiro atoms. The summed E-state index contributed by atoms with van der Waals surface area (Å²) in [5, 5.41) is 0. The highest BCUT2D eigenvalue weighted by atomic mass is 35.5. The Labute approximate surface area is 173 Å². The van der Waals surface area contributed by atoms with E-state index in [-0.39, 0.29) is 23.3 Å². The lowest BCUT2D eigenvalue weighted by atomic mass is 9.98. The zero-order chi connectivity index (χ0) is 20.3. The predicted octanol–water partition coefficient (Wildman–Crippen LogP) is 3.99. The number of thiophene rings is 1. The van der Waals surface area contributed by atoms with E-state index in [1.807, 2.05) is 13.0 Å². The van der Waals surface area contributed by atoms with Crippen molar-refractivity contribution in [3.05, 3.63) is 51.4 Å². The Morgan fingerprint density at radius 2 is 2.00 bits per heavy atom. The molecule has 0 bridgehead atoms. The summed E-state index contributed by atoms with van der Waals surface area (Å²) in [5.41, 5.74) is 0. The van der Waals surface area contributed by atoms with Crippen molar-refractivity contribution in [2.75, 3.05) is 19.6 Å². The van der Waals surface area contributed by atoms with Gasteiger partial charge < -0.3 is 4.90 Å².